The molecule has 0 heterocycles. The number of nitrogens with one attached hydrogen (secondary N) is 1. The van der Waals surface area contributed by atoms with Gasteiger partial charge in [0.15, 0.2) is 0 Å². The summed E-state index contributed by atoms with van der Waals surface area (Å²) in [4.78, 5) is 0. The van der Waals surface area contributed by atoms with E-state index in [-0.39, 0.29) is 25.1 Å². The highest BCUT2D eigenvalue weighted by atomic mass is 35.5. The number of hydrogen-bond donors (Lipinski definition) is 2. The van der Waals surface area contributed by atoms with Gasteiger partial charge in [0.2, 0.25) is 0 Å². The lowest BCUT2D eigenvalue weighted by atomic mass is 10.2. The molecular weight excluding hydrogens is 285 g/mol. The maximum absolute atomic E-state index is 9.09. The first kappa shape index (κ1) is 18.5. The molecule has 1 aromatic rings. The number of hydrogen-bond acceptors (Lipinski definition) is 3. The van der Waals surface area contributed by atoms with Gasteiger partial charge in [-0.15, -0.1) is 12.4 Å². The SMILES string of the molecule is CCCOc1ccc(CNC(CC)CO)cc1Cl.Cl. The van der Waals surface area contributed by atoms with Crippen molar-refractivity contribution in [2.75, 3.05) is 13.2 Å². The molecule has 1 rings (SSSR count). The molecule has 19 heavy (non-hydrogen) atoms. The summed E-state index contributed by atoms with van der Waals surface area (Å²) in [6.07, 6.45) is 1.87. The molecule has 0 fully saturated rings. The molecule has 0 aliphatic rings. The Kier molecular flexibility index (Phi) is 10.1. The van der Waals surface area contributed by atoms with Gasteiger partial charge in [0.05, 0.1) is 18.2 Å². The minimum atomic E-state index is 0. The number of benzene rings is 1. The molecule has 0 saturated carbocycles. The van der Waals surface area contributed by atoms with Gasteiger partial charge in [-0.05, 0) is 30.5 Å². The van der Waals surface area contributed by atoms with Crippen molar-refractivity contribution in [3.63, 3.8) is 0 Å². The van der Waals surface area contributed by atoms with Gasteiger partial charge in [0.1, 0.15) is 5.75 Å². The predicted octanol–water partition coefficient (Wildman–Crippen LogP) is 3.41. The van der Waals surface area contributed by atoms with Crippen LogP contribution < -0.4 is 10.1 Å². The fraction of sp³-hybridized carbons (Fsp3) is 0.571. The van der Waals surface area contributed by atoms with E-state index in [1.807, 2.05) is 25.1 Å². The summed E-state index contributed by atoms with van der Waals surface area (Å²) in [7, 11) is 0. The van der Waals surface area contributed by atoms with Crippen LogP contribution in [-0.2, 0) is 6.54 Å². The lowest BCUT2D eigenvalue weighted by molar-refractivity contribution is 0.238. The second kappa shape index (κ2) is 10.3. The van der Waals surface area contributed by atoms with E-state index in [9.17, 15) is 0 Å². The second-order valence-corrected chi connectivity index (χ2v) is 4.69. The Balaban J connectivity index is 0.00000324. The molecule has 0 spiro atoms. The monoisotopic (exact) mass is 307 g/mol. The number of ether oxygens (including phenoxy) is 1. The number of aliphatic hydroxyl groups excluding tert-OH is 1. The fourth-order valence-corrected chi connectivity index (χ4v) is 1.84. The second-order valence-electron chi connectivity index (χ2n) is 4.28. The van der Waals surface area contributed by atoms with Gasteiger partial charge in [-0.25, -0.2) is 0 Å². The van der Waals surface area contributed by atoms with Gasteiger partial charge in [0, 0.05) is 12.6 Å². The third kappa shape index (κ3) is 6.48. The molecule has 1 unspecified atom stereocenters. The van der Waals surface area contributed by atoms with Crippen molar-refractivity contribution >= 4 is 24.0 Å². The number of aliphatic hydroxyl groups is 1. The van der Waals surface area contributed by atoms with Crippen molar-refractivity contribution in [2.24, 2.45) is 0 Å². The molecule has 1 atom stereocenters. The highest BCUT2D eigenvalue weighted by molar-refractivity contribution is 6.32. The Morgan fingerprint density at radius 3 is 2.63 bits per heavy atom. The summed E-state index contributed by atoms with van der Waals surface area (Å²) in [6.45, 7) is 5.64. The summed E-state index contributed by atoms with van der Waals surface area (Å²) in [5.41, 5.74) is 1.09. The smallest absolute Gasteiger partial charge is 0.137 e. The van der Waals surface area contributed by atoms with Crippen LogP contribution >= 0.6 is 24.0 Å². The molecule has 0 amide bonds. The average molecular weight is 308 g/mol. The van der Waals surface area contributed by atoms with E-state index in [1.165, 1.54) is 0 Å². The highest BCUT2D eigenvalue weighted by Crippen LogP contribution is 2.25. The van der Waals surface area contributed by atoms with E-state index >= 15 is 0 Å². The molecule has 5 heteroatoms. The Morgan fingerprint density at radius 1 is 1.37 bits per heavy atom. The van der Waals surface area contributed by atoms with E-state index in [0.29, 0.717) is 18.2 Å². The standard InChI is InChI=1S/C14H22ClNO2.ClH/c1-3-7-18-14-6-5-11(8-13(14)15)9-16-12(4-2)10-17;/h5-6,8,12,16-17H,3-4,7,9-10H2,1-2H3;1H. The van der Waals surface area contributed by atoms with Gasteiger partial charge >= 0.3 is 0 Å². The van der Waals surface area contributed by atoms with E-state index in [4.69, 9.17) is 21.4 Å². The van der Waals surface area contributed by atoms with Crippen LogP contribution in [0.2, 0.25) is 5.02 Å². The summed E-state index contributed by atoms with van der Waals surface area (Å²) in [5, 5.41) is 13.0. The Hall–Kier alpha value is -0.480. The molecule has 0 bridgehead atoms. The minimum absolute atomic E-state index is 0. The maximum atomic E-state index is 9.09. The quantitative estimate of drug-likeness (QED) is 0.773. The molecule has 3 nitrogen and oxygen atoms in total. The van der Waals surface area contributed by atoms with Crippen molar-refractivity contribution in [3.05, 3.63) is 28.8 Å². The van der Waals surface area contributed by atoms with Crippen LogP contribution in [0.1, 0.15) is 32.3 Å². The number of rotatable bonds is 8. The van der Waals surface area contributed by atoms with E-state index in [0.717, 1.165) is 24.2 Å². The topological polar surface area (TPSA) is 41.5 Å². The maximum Gasteiger partial charge on any atom is 0.137 e. The Bertz CT molecular complexity index is 357. The van der Waals surface area contributed by atoms with Crippen LogP contribution in [0.3, 0.4) is 0 Å². The molecular formula is C14H23Cl2NO2. The van der Waals surface area contributed by atoms with Crippen LogP contribution in [0.4, 0.5) is 0 Å². The highest BCUT2D eigenvalue weighted by Gasteiger charge is 2.06. The fourth-order valence-electron chi connectivity index (χ4n) is 1.58. The van der Waals surface area contributed by atoms with Crippen LogP contribution in [0.15, 0.2) is 18.2 Å². The number of halogens is 2. The molecule has 0 aliphatic carbocycles. The summed E-state index contributed by atoms with van der Waals surface area (Å²) >= 11 is 6.15. The summed E-state index contributed by atoms with van der Waals surface area (Å²) < 4.78 is 5.52. The largest absolute Gasteiger partial charge is 0.492 e. The van der Waals surface area contributed by atoms with E-state index in [2.05, 4.69) is 12.2 Å². The molecule has 110 valence electrons. The molecule has 0 aromatic heterocycles. The zero-order valence-electron chi connectivity index (χ0n) is 11.5. The third-order valence-corrected chi connectivity index (χ3v) is 3.06. The van der Waals surface area contributed by atoms with Crippen molar-refractivity contribution in [3.8, 4) is 5.75 Å². The van der Waals surface area contributed by atoms with Gasteiger partial charge in [-0.2, -0.15) is 0 Å². The van der Waals surface area contributed by atoms with E-state index < -0.39 is 0 Å². The van der Waals surface area contributed by atoms with Gasteiger partial charge in [0.25, 0.3) is 0 Å². The van der Waals surface area contributed by atoms with Gasteiger partial charge in [-0.3, -0.25) is 0 Å². The first-order valence-electron chi connectivity index (χ1n) is 6.46. The molecule has 1 aromatic carbocycles. The Labute approximate surface area is 126 Å². The van der Waals surface area contributed by atoms with Crippen molar-refractivity contribution in [1.29, 1.82) is 0 Å². The molecule has 0 saturated heterocycles. The lowest BCUT2D eigenvalue weighted by Crippen LogP contribution is -2.31. The average Bonchev–Trinajstić information content (AvgIpc) is 2.39. The van der Waals surface area contributed by atoms with Crippen LogP contribution in [0.25, 0.3) is 0 Å². The van der Waals surface area contributed by atoms with Gasteiger partial charge in [-0.1, -0.05) is 31.5 Å². The van der Waals surface area contributed by atoms with Gasteiger partial charge < -0.3 is 15.2 Å². The van der Waals surface area contributed by atoms with Crippen molar-refractivity contribution in [2.45, 2.75) is 39.3 Å². The molecule has 0 radical (unpaired) electrons. The predicted molar refractivity (Wildman–Crippen MR) is 82.5 cm³/mol. The third-order valence-electron chi connectivity index (χ3n) is 2.77. The molecule has 2 N–H and O–H groups in total. The minimum Gasteiger partial charge on any atom is -0.492 e. The molecule has 0 aliphatic heterocycles. The zero-order valence-corrected chi connectivity index (χ0v) is 13.1. The first-order chi connectivity index (χ1) is 8.71. The summed E-state index contributed by atoms with van der Waals surface area (Å²) in [5.74, 6) is 0.733. The Morgan fingerprint density at radius 2 is 2.11 bits per heavy atom. The van der Waals surface area contributed by atoms with Crippen LogP contribution in [0, 0.1) is 0 Å². The summed E-state index contributed by atoms with van der Waals surface area (Å²) in [6, 6.07) is 5.94. The van der Waals surface area contributed by atoms with Crippen molar-refractivity contribution in [1.82, 2.24) is 5.32 Å². The van der Waals surface area contributed by atoms with E-state index in [1.54, 1.807) is 0 Å². The van der Waals surface area contributed by atoms with Crippen LogP contribution in [-0.4, -0.2) is 24.4 Å². The lowest BCUT2D eigenvalue weighted by Gasteiger charge is -2.14. The first-order valence-corrected chi connectivity index (χ1v) is 6.84. The van der Waals surface area contributed by atoms with Crippen molar-refractivity contribution < 1.29 is 9.84 Å². The van der Waals surface area contributed by atoms with Crippen LogP contribution in [0.5, 0.6) is 5.75 Å². The normalized spacial score (nSPS) is 11.8. The zero-order chi connectivity index (χ0) is 13.4.